The van der Waals surface area contributed by atoms with E-state index in [1.807, 2.05) is 18.2 Å². The van der Waals surface area contributed by atoms with Crippen LogP contribution in [0.3, 0.4) is 0 Å². The van der Waals surface area contributed by atoms with E-state index in [2.05, 4.69) is 12.2 Å². The highest BCUT2D eigenvalue weighted by Crippen LogP contribution is 2.28. The maximum atomic E-state index is 11.9. The molecule has 0 aliphatic carbocycles. The summed E-state index contributed by atoms with van der Waals surface area (Å²) in [5.41, 5.74) is 0.896. The van der Waals surface area contributed by atoms with Crippen molar-refractivity contribution in [2.24, 2.45) is 0 Å². The van der Waals surface area contributed by atoms with E-state index < -0.39 is 0 Å². The Balaban J connectivity index is 1.81. The molecule has 26 heavy (non-hydrogen) atoms. The van der Waals surface area contributed by atoms with Crippen molar-refractivity contribution in [1.29, 1.82) is 0 Å². The van der Waals surface area contributed by atoms with Crippen LogP contribution in [0.25, 0.3) is 6.08 Å². The zero-order valence-electron chi connectivity index (χ0n) is 16.0. The molecular formula is C21H31NO4. The largest absolute Gasteiger partial charge is 0.493 e. The van der Waals surface area contributed by atoms with Crippen LogP contribution in [0.1, 0.15) is 51.0 Å². The van der Waals surface area contributed by atoms with Crippen molar-refractivity contribution in [2.75, 3.05) is 26.9 Å². The van der Waals surface area contributed by atoms with Crippen molar-refractivity contribution >= 4 is 12.0 Å². The van der Waals surface area contributed by atoms with Crippen molar-refractivity contribution in [2.45, 2.75) is 51.6 Å². The SMILES string of the molecule is CCCCCCOc1ccc(/C=C/C(=O)NC[C@@H]2CCCO2)cc1OC. The Kier molecular flexibility index (Phi) is 9.04. The molecular weight excluding hydrogens is 330 g/mol. The summed E-state index contributed by atoms with van der Waals surface area (Å²) in [5, 5.41) is 2.87. The molecule has 1 aliphatic heterocycles. The predicted octanol–water partition coefficient (Wildman–Crippen LogP) is 3.96. The smallest absolute Gasteiger partial charge is 0.244 e. The van der Waals surface area contributed by atoms with Gasteiger partial charge in [-0.3, -0.25) is 4.79 Å². The summed E-state index contributed by atoms with van der Waals surface area (Å²) in [6.07, 6.45) is 10.2. The fourth-order valence-corrected chi connectivity index (χ4v) is 2.87. The van der Waals surface area contributed by atoms with Crippen LogP contribution in [0.4, 0.5) is 0 Å². The predicted molar refractivity (Wildman–Crippen MR) is 104 cm³/mol. The molecule has 1 saturated heterocycles. The molecule has 5 heteroatoms. The van der Waals surface area contributed by atoms with Crippen LogP contribution in [0.5, 0.6) is 11.5 Å². The van der Waals surface area contributed by atoms with E-state index in [0.717, 1.165) is 37.2 Å². The van der Waals surface area contributed by atoms with E-state index in [-0.39, 0.29) is 12.0 Å². The number of methoxy groups -OCH3 is 1. The number of carbonyl (C=O) groups excluding carboxylic acids is 1. The first kappa shape index (κ1) is 20.3. The lowest BCUT2D eigenvalue weighted by Crippen LogP contribution is -2.30. The second kappa shape index (κ2) is 11.6. The molecule has 1 aliphatic rings. The van der Waals surface area contributed by atoms with E-state index in [9.17, 15) is 4.79 Å². The van der Waals surface area contributed by atoms with Crippen molar-refractivity contribution in [3.05, 3.63) is 29.8 Å². The molecule has 0 spiro atoms. The van der Waals surface area contributed by atoms with Gasteiger partial charge in [0.15, 0.2) is 11.5 Å². The molecule has 0 unspecified atom stereocenters. The molecule has 2 rings (SSSR count). The Morgan fingerprint density at radius 3 is 2.92 bits per heavy atom. The molecule has 0 saturated carbocycles. The number of unbranched alkanes of at least 4 members (excludes halogenated alkanes) is 3. The van der Waals surface area contributed by atoms with E-state index in [1.165, 1.54) is 25.3 Å². The minimum atomic E-state index is -0.115. The second-order valence-electron chi connectivity index (χ2n) is 6.53. The number of carbonyl (C=O) groups is 1. The van der Waals surface area contributed by atoms with Gasteiger partial charge in [-0.25, -0.2) is 0 Å². The first-order valence-electron chi connectivity index (χ1n) is 9.61. The molecule has 1 fully saturated rings. The molecule has 144 valence electrons. The monoisotopic (exact) mass is 361 g/mol. The minimum Gasteiger partial charge on any atom is -0.493 e. The number of benzene rings is 1. The lowest BCUT2D eigenvalue weighted by molar-refractivity contribution is -0.116. The molecule has 1 heterocycles. The molecule has 1 amide bonds. The number of hydrogen-bond donors (Lipinski definition) is 1. The normalized spacial score (nSPS) is 16.8. The molecule has 1 aromatic carbocycles. The Hall–Kier alpha value is -2.01. The van der Waals surface area contributed by atoms with Crippen molar-refractivity contribution in [3.63, 3.8) is 0 Å². The Bertz CT molecular complexity index is 579. The fourth-order valence-electron chi connectivity index (χ4n) is 2.87. The first-order chi connectivity index (χ1) is 12.7. The van der Waals surface area contributed by atoms with Gasteiger partial charge in [-0.15, -0.1) is 0 Å². The maximum Gasteiger partial charge on any atom is 0.244 e. The number of rotatable bonds is 11. The van der Waals surface area contributed by atoms with Gasteiger partial charge in [0, 0.05) is 19.2 Å². The molecule has 5 nitrogen and oxygen atoms in total. The van der Waals surface area contributed by atoms with Crippen LogP contribution in [0, 0.1) is 0 Å². The average molecular weight is 361 g/mol. The number of amides is 1. The third-order valence-corrected chi connectivity index (χ3v) is 4.40. The molecule has 0 radical (unpaired) electrons. The van der Waals surface area contributed by atoms with E-state index >= 15 is 0 Å². The lowest BCUT2D eigenvalue weighted by Gasteiger charge is -2.11. The van der Waals surface area contributed by atoms with Crippen LogP contribution in [-0.2, 0) is 9.53 Å². The van der Waals surface area contributed by atoms with Gasteiger partial charge in [0.1, 0.15) is 0 Å². The van der Waals surface area contributed by atoms with Crippen LogP contribution in [0.15, 0.2) is 24.3 Å². The second-order valence-corrected chi connectivity index (χ2v) is 6.53. The average Bonchev–Trinajstić information content (AvgIpc) is 3.18. The van der Waals surface area contributed by atoms with Gasteiger partial charge in [0.2, 0.25) is 5.91 Å². The van der Waals surface area contributed by atoms with Gasteiger partial charge in [0.05, 0.1) is 19.8 Å². The Morgan fingerprint density at radius 2 is 2.19 bits per heavy atom. The highest BCUT2D eigenvalue weighted by molar-refractivity contribution is 5.91. The van der Waals surface area contributed by atoms with E-state index in [0.29, 0.717) is 18.9 Å². The summed E-state index contributed by atoms with van der Waals surface area (Å²) in [7, 11) is 1.63. The maximum absolute atomic E-state index is 11.9. The standard InChI is InChI=1S/C21H31NO4/c1-3-4-5-6-13-26-19-11-9-17(15-20(19)24-2)10-12-21(23)22-16-18-8-7-14-25-18/h9-12,15,18H,3-8,13-14,16H2,1-2H3,(H,22,23)/b12-10+/t18-/m0/s1. The van der Waals surface area contributed by atoms with Gasteiger partial charge in [-0.1, -0.05) is 32.3 Å². The number of nitrogens with one attached hydrogen (secondary N) is 1. The van der Waals surface area contributed by atoms with Crippen molar-refractivity contribution in [1.82, 2.24) is 5.32 Å². The summed E-state index contributed by atoms with van der Waals surface area (Å²) >= 11 is 0. The quantitative estimate of drug-likeness (QED) is 0.479. The third-order valence-electron chi connectivity index (χ3n) is 4.40. The number of ether oxygens (including phenoxy) is 3. The van der Waals surface area contributed by atoms with Crippen molar-refractivity contribution < 1.29 is 19.0 Å². The van der Waals surface area contributed by atoms with Crippen LogP contribution in [0.2, 0.25) is 0 Å². The van der Waals surface area contributed by atoms with Crippen LogP contribution < -0.4 is 14.8 Å². The number of hydrogen-bond acceptors (Lipinski definition) is 4. The Morgan fingerprint density at radius 1 is 1.31 bits per heavy atom. The summed E-state index contributed by atoms with van der Waals surface area (Å²) in [5.74, 6) is 1.31. The topological polar surface area (TPSA) is 56.8 Å². The van der Waals surface area contributed by atoms with Crippen molar-refractivity contribution in [3.8, 4) is 11.5 Å². The van der Waals surface area contributed by atoms with Crippen LogP contribution >= 0.6 is 0 Å². The third kappa shape index (κ3) is 7.08. The van der Waals surface area contributed by atoms with Crippen LogP contribution in [-0.4, -0.2) is 38.9 Å². The summed E-state index contributed by atoms with van der Waals surface area (Å²) in [4.78, 5) is 11.9. The lowest BCUT2D eigenvalue weighted by atomic mass is 10.2. The minimum absolute atomic E-state index is 0.115. The molecule has 1 N–H and O–H groups in total. The van der Waals surface area contributed by atoms with E-state index in [1.54, 1.807) is 13.2 Å². The summed E-state index contributed by atoms with van der Waals surface area (Å²) in [6, 6.07) is 5.70. The van der Waals surface area contributed by atoms with Gasteiger partial charge in [-0.05, 0) is 43.0 Å². The molecule has 1 aromatic rings. The van der Waals surface area contributed by atoms with Gasteiger partial charge >= 0.3 is 0 Å². The zero-order valence-corrected chi connectivity index (χ0v) is 16.0. The van der Waals surface area contributed by atoms with Gasteiger partial charge in [-0.2, -0.15) is 0 Å². The molecule has 0 aromatic heterocycles. The highest BCUT2D eigenvalue weighted by atomic mass is 16.5. The summed E-state index contributed by atoms with van der Waals surface area (Å²) in [6.45, 7) is 4.25. The fraction of sp³-hybridized carbons (Fsp3) is 0.571. The van der Waals surface area contributed by atoms with Gasteiger partial charge < -0.3 is 19.5 Å². The molecule has 1 atom stereocenters. The van der Waals surface area contributed by atoms with E-state index in [4.69, 9.17) is 14.2 Å². The summed E-state index contributed by atoms with van der Waals surface area (Å²) < 4.78 is 16.7. The van der Waals surface area contributed by atoms with Gasteiger partial charge in [0.25, 0.3) is 0 Å². The molecule has 0 bridgehead atoms. The highest BCUT2D eigenvalue weighted by Gasteiger charge is 2.15. The Labute approximate surface area is 156 Å². The zero-order chi connectivity index (χ0) is 18.6. The first-order valence-corrected chi connectivity index (χ1v) is 9.61.